The highest BCUT2D eigenvalue weighted by Gasteiger charge is 2.41. The lowest BCUT2D eigenvalue weighted by Gasteiger charge is -2.40. The van der Waals surface area contributed by atoms with Crippen LogP contribution in [0.25, 0.3) is 5.57 Å². The van der Waals surface area contributed by atoms with Gasteiger partial charge in [-0.05, 0) is 311 Å². The summed E-state index contributed by atoms with van der Waals surface area (Å²) in [7, 11) is 3.96. The van der Waals surface area contributed by atoms with Crippen molar-refractivity contribution in [3.05, 3.63) is 321 Å². The van der Waals surface area contributed by atoms with Gasteiger partial charge in [0.25, 0.3) is 0 Å². The molecule has 21 nitrogen and oxygen atoms in total. The molecule has 0 spiro atoms. The lowest BCUT2D eigenvalue weighted by Crippen LogP contribution is -2.50. The molecule has 6 aromatic heterocycles. The summed E-state index contributed by atoms with van der Waals surface area (Å²) in [4.78, 5) is 103. The van der Waals surface area contributed by atoms with Gasteiger partial charge in [-0.3, -0.25) is 58.6 Å². The topological polar surface area (TPSA) is 200 Å². The van der Waals surface area contributed by atoms with Gasteiger partial charge in [0.2, 0.25) is 29.5 Å². The van der Waals surface area contributed by atoms with Gasteiger partial charge in [0, 0.05) is 254 Å². The standard InChI is InChI=1S/C28H31Br2ClN4O.C27H31Br2ClN4O2.2C26H26Br2ClN4O/c1-17(32)34-8-4-18(5-9-34)12-25(36)35-10-6-19(7-11-35)27-26-20(14-23(31)15-24(26)30)2-3-21-13-22(29)16-33-28(21)27;1-17(35)32-6-4-18(5-7-32)12-24(36)33-8-10-34(11-9-33)27-25-19(14-22(30)15-23(25)29)2-3-20-13-21(28)16-31-26(20)27;2*1-31-6-4-17(5-7-31)12-23(34)32-8-10-33(11-9-32)26-24-18(14-21(29)15-22(24)28)2-3-19-13-20(27)16-30-25(19)26/h13-16,18H,1-12,32H2;13-16,18,27H,2-12H2,1H3;2*4-7,13-16,26H,2-3,8-12H2,1H3/q;;2*+1. The third-order valence-corrected chi connectivity index (χ3v) is 34.4. The molecule has 4 aromatic carbocycles. The average Bonchev–Trinajstić information content (AvgIpc) is 1.58. The smallest absolute Gasteiger partial charge is 0.227 e. The Hall–Kier alpha value is -6.91. The number of piperidine rings is 3. The number of aryl methyl sites for hydroxylation is 10. The van der Waals surface area contributed by atoms with Crippen LogP contribution in [0.5, 0.6) is 0 Å². The van der Waals surface area contributed by atoms with E-state index in [1.54, 1.807) is 6.92 Å². The maximum atomic E-state index is 13.2. The lowest BCUT2D eigenvalue weighted by atomic mass is 9.88. The van der Waals surface area contributed by atoms with E-state index in [4.69, 9.17) is 72.1 Å². The quantitative estimate of drug-likeness (QED) is 0.113. The minimum Gasteiger partial charge on any atom is -0.386 e. The van der Waals surface area contributed by atoms with Crippen LogP contribution >= 0.6 is 174 Å². The van der Waals surface area contributed by atoms with Crippen LogP contribution in [0.1, 0.15) is 177 Å². The van der Waals surface area contributed by atoms with Gasteiger partial charge in [0.1, 0.15) is 14.1 Å². The molecule has 10 aliphatic rings. The van der Waals surface area contributed by atoms with Crippen LogP contribution in [-0.2, 0) is 102 Å². The number of halogens is 12. The van der Waals surface area contributed by atoms with E-state index in [-0.39, 0.29) is 47.7 Å². The van der Waals surface area contributed by atoms with Crippen molar-refractivity contribution in [1.82, 2.24) is 64.0 Å². The van der Waals surface area contributed by atoms with Crippen molar-refractivity contribution in [2.24, 2.45) is 31.7 Å². The van der Waals surface area contributed by atoms with Crippen molar-refractivity contribution in [2.45, 2.75) is 141 Å². The van der Waals surface area contributed by atoms with E-state index < -0.39 is 0 Å². The summed E-state index contributed by atoms with van der Waals surface area (Å²) in [5, 5.41) is 2.97. The molecule has 6 fully saturated rings. The molecule has 5 amide bonds. The van der Waals surface area contributed by atoms with E-state index in [9.17, 15) is 24.0 Å². The van der Waals surface area contributed by atoms with Gasteiger partial charge in [-0.25, -0.2) is 9.13 Å². The Bertz CT molecular complexity index is 6160. The highest BCUT2D eigenvalue weighted by molar-refractivity contribution is 9.11. The third kappa shape index (κ3) is 25.1. The Kier molecular flexibility index (Phi) is 35.3. The molecule has 3 unspecified atom stereocenters. The minimum atomic E-state index is 0.0189. The number of carbonyl (C=O) groups excluding carboxylic acids is 5. The van der Waals surface area contributed by atoms with Gasteiger partial charge in [0.05, 0.1) is 59.6 Å². The minimum absolute atomic E-state index is 0.0189. The van der Waals surface area contributed by atoms with E-state index in [0.29, 0.717) is 82.6 Å². The molecule has 140 heavy (non-hydrogen) atoms. The molecule has 10 aromatic rings. The Morgan fingerprint density at radius 1 is 0.364 bits per heavy atom. The van der Waals surface area contributed by atoms with Crippen LogP contribution in [0.3, 0.4) is 0 Å². The number of pyridine rings is 6. The fourth-order valence-corrected chi connectivity index (χ4v) is 27.6. The van der Waals surface area contributed by atoms with Crippen molar-refractivity contribution >= 4 is 209 Å². The van der Waals surface area contributed by atoms with Crippen molar-refractivity contribution in [3.8, 4) is 0 Å². The maximum Gasteiger partial charge on any atom is 0.227 e. The molecule has 3 atom stereocenters. The van der Waals surface area contributed by atoms with Crippen LogP contribution in [-0.4, -0.2) is 211 Å². The van der Waals surface area contributed by atoms with E-state index in [2.05, 4.69) is 207 Å². The fourth-order valence-electron chi connectivity index (χ4n) is 21.8. The van der Waals surface area contributed by atoms with Crippen LogP contribution in [0, 0.1) is 11.8 Å². The number of nitrogens with two attached hydrogens (primary N) is 1. The molecule has 6 aliphatic heterocycles. The number of benzene rings is 4. The normalized spacial score (nSPS) is 19.0. The largest absolute Gasteiger partial charge is 0.386 e. The molecular weight excluding hydrogens is 2370 g/mol. The fraction of sp³-hybridized carbons (Fsp3) is 0.411. The summed E-state index contributed by atoms with van der Waals surface area (Å²) >= 11 is 55.3. The highest BCUT2D eigenvalue weighted by atomic mass is 79.9. The Morgan fingerprint density at radius 3 is 1.04 bits per heavy atom. The zero-order valence-electron chi connectivity index (χ0n) is 78.8. The van der Waals surface area contributed by atoms with Gasteiger partial charge in [0.15, 0.2) is 24.8 Å². The lowest BCUT2D eigenvalue weighted by molar-refractivity contribution is -0.671. The first-order valence-corrected chi connectivity index (χ1v) is 56.1. The second kappa shape index (κ2) is 47.3. The van der Waals surface area contributed by atoms with E-state index in [1.165, 1.54) is 77.9 Å². The molecule has 2 N–H and O–H groups in total. The van der Waals surface area contributed by atoms with E-state index in [1.807, 2.05) is 141 Å². The predicted octanol–water partition coefficient (Wildman–Crippen LogP) is 20.9. The predicted molar refractivity (Wildman–Crippen MR) is 580 cm³/mol. The van der Waals surface area contributed by atoms with Gasteiger partial charge in [-0.2, -0.15) is 0 Å². The number of nitrogens with zero attached hydrogens (tertiary/aromatic N) is 15. The second-order valence-corrected chi connectivity index (χ2v) is 47.1. The molecule has 6 saturated heterocycles. The number of hydrogen-bond donors (Lipinski definition) is 1. The summed E-state index contributed by atoms with van der Waals surface area (Å²) in [6, 6.07) is 33.2. The zero-order chi connectivity index (χ0) is 98.4. The molecule has 0 bridgehead atoms. The van der Waals surface area contributed by atoms with Gasteiger partial charge >= 0.3 is 0 Å². The van der Waals surface area contributed by atoms with Gasteiger partial charge in [-0.1, -0.05) is 122 Å². The highest BCUT2D eigenvalue weighted by Crippen LogP contribution is 2.49. The molecule has 0 saturated carbocycles. The average molecular weight is 2490 g/mol. The summed E-state index contributed by atoms with van der Waals surface area (Å²) < 4.78 is 12.0. The maximum absolute atomic E-state index is 13.2. The van der Waals surface area contributed by atoms with Crippen molar-refractivity contribution in [1.29, 1.82) is 0 Å². The van der Waals surface area contributed by atoms with Crippen molar-refractivity contribution in [3.63, 3.8) is 0 Å². The van der Waals surface area contributed by atoms with Crippen LogP contribution < -0.4 is 14.9 Å². The summed E-state index contributed by atoms with van der Waals surface area (Å²) in [6.45, 7) is 19.3. The first-order valence-electron chi connectivity index (χ1n) is 48.3. The molecular formula is C107H114Br8Cl4N16O5+2. The number of piperazine rings is 3. The van der Waals surface area contributed by atoms with E-state index >= 15 is 0 Å². The van der Waals surface area contributed by atoms with Crippen LogP contribution in [0.4, 0.5) is 0 Å². The van der Waals surface area contributed by atoms with Crippen molar-refractivity contribution in [2.75, 3.05) is 118 Å². The van der Waals surface area contributed by atoms with Gasteiger partial charge in [-0.15, -0.1) is 0 Å². The Labute approximate surface area is 908 Å². The Morgan fingerprint density at radius 2 is 0.671 bits per heavy atom. The summed E-state index contributed by atoms with van der Waals surface area (Å²) in [6.07, 6.45) is 30.5. The Balaban J connectivity index is 0.000000129. The molecule has 4 aliphatic carbocycles. The molecule has 734 valence electrons. The monoisotopic (exact) mass is 2470 g/mol. The number of aromatic nitrogens is 6. The van der Waals surface area contributed by atoms with Crippen LogP contribution in [0.2, 0.25) is 20.1 Å². The molecule has 33 heteroatoms. The number of amides is 5. The number of carbonyl (C=O) groups is 5. The molecule has 12 heterocycles. The van der Waals surface area contributed by atoms with Crippen molar-refractivity contribution < 1.29 is 33.1 Å². The van der Waals surface area contributed by atoms with E-state index in [0.717, 1.165) is 258 Å². The molecule has 20 rings (SSSR count). The number of rotatable bonds is 12. The first kappa shape index (κ1) is 104. The number of likely N-dealkylation sites (tertiary alicyclic amines) is 3. The first-order chi connectivity index (χ1) is 67.4. The molecule has 0 radical (unpaired) electrons. The van der Waals surface area contributed by atoms with Crippen LogP contribution in [0.15, 0.2) is 200 Å². The number of fused-ring (bicyclic) bond motifs is 8. The second-order valence-electron chi connectivity index (χ2n) is 38.3. The van der Waals surface area contributed by atoms with Gasteiger partial charge < -0.3 is 35.1 Å². The summed E-state index contributed by atoms with van der Waals surface area (Å²) in [5.74, 6) is 2.46. The number of hydrogen-bond acceptors (Lipinski definition) is 14. The third-order valence-electron chi connectivity index (χ3n) is 29.2. The summed E-state index contributed by atoms with van der Waals surface area (Å²) in [5.41, 5.74) is 29.8. The SMILES string of the molecule is C=C(N)N1CCC(CC(=O)N2CCC(=C3c4ncc(Br)cc4CCc4cc(Cl)cc(Br)c43)CC2)CC1.CC(=O)N1CCC(CC(=O)N2CCN(C3c4ncc(Br)cc4CCc4cc(Cl)cc(Br)c43)CC2)CC1.C[n+]1ccc(CC(=O)N2CCN(C3c4ncc(Br)cc4CCc4cc(Cl)cc(Br)c43)CC2)cc1.C[n+]1ccc(CC(=O)N2CCN(C3c4ncc(Br)cc4CCc4cc(Cl)cc(Br)c43)CC2)cc1. The zero-order valence-corrected chi connectivity index (χ0v) is 94.5.